The first-order valence-corrected chi connectivity index (χ1v) is 0. The van der Waals surface area contributed by atoms with Gasteiger partial charge in [-0.05, 0) is 0 Å². The predicted octanol–water partition coefficient (Wildman–Crippen LogP) is -1.50. The minimum Gasteiger partial charge on any atom is -2.00 e. The summed E-state index contributed by atoms with van der Waals surface area (Å²) in [5.41, 5.74) is 0. The molecule has 6 heavy (non-hydrogen) atoms. The molecule has 0 N–H and O–H groups in total. The van der Waals surface area contributed by atoms with Crippen molar-refractivity contribution in [2.45, 2.75) is 0 Å². The quantitative estimate of drug-likeness (QED) is 0.478. The molecule has 0 aliphatic carbocycles. The van der Waals surface area contributed by atoms with Gasteiger partial charge >= 0.3 is 124 Å². The second kappa shape index (κ2) is 36.1. The third kappa shape index (κ3) is 24.6. The van der Waals surface area contributed by atoms with Crippen LogP contribution in [0.1, 0.15) is 0 Å². The molecule has 0 aromatic carbocycles. The fourth-order valence-corrected chi connectivity index (χ4v) is 0. The summed E-state index contributed by atoms with van der Waals surface area (Å²) in [5.74, 6) is 0. The Morgan fingerprint density at radius 2 is 0.500 bits per heavy atom. The molecular weight excluding hydrogens is 265 g/mol. The van der Waals surface area contributed by atoms with Crippen LogP contribution in [0.15, 0.2) is 0 Å². The molecule has 0 unspecified atom stereocenters. The van der Waals surface area contributed by atoms with Crippen LogP contribution in [0.3, 0.4) is 0 Å². The molecule has 0 saturated heterocycles. The fourth-order valence-electron chi connectivity index (χ4n) is 0. The summed E-state index contributed by atoms with van der Waals surface area (Å²) >= 11 is 0. The molecule has 6 heteroatoms. The van der Waals surface area contributed by atoms with Gasteiger partial charge in [0, 0.05) is 0 Å². The summed E-state index contributed by atoms with van der Waals surface area (Å²) in [5, 5.41) is 0. The average Bonchev–Trinajstić information content (AvgIpc) is 0. The van der Waals surface area contributed by atoms with Gasteiger partial charge in [-0.1, -0.05) is 0 Å². The normalized spacial score (nSPS) is 0. The van der Waals surface area contributed by atoms with Crippen molar-refractivity contribution in [1.29, 1.82) is 0 Å². The van der Waals surface area contributed by atoms with Crippen LogP contribution in [-0.2, 0) is 16.4 Å². The maximum Gasteiger partial charge on any atom is 2.00 e. The van der Waals surface area contributed by atoms with Crippen LogP contribution >= 0.6 is 0 Å². The largest absolute Gasteiger partial charge is 2.00 e. The van der Waals surface area contributed by atoms with Gasteiger partial charge in [-0.15, -0.1) is 0 Å². The Kier molecular flexibility index (Phi) is 307. The molecule has 0 aromatic heterocycles. The van der Waals surface area contributed by atoms with Crippen molar-refractivity contribution in [3.8, 4) is 0 Å². The van der Waals surface area contributed by atoms with Crippen LogP contribution in [-0.4, -0.2) is 124 Å². The van der Waals surface area contributed by atoms with Crippen LogP contribution in [0, 0.1) is 0 Å². The Labute approximate surface area is 137 Å². The first kappa shape index (κ1) is 50.9. The zero-order valence-corrected chi connectivity index (χ0v) is 12.2. The molecule has 0 amide bonds. The summed E-state index contributed by atoms with van der Waals surface area (Å²) in [6.45, 7) is 0. The Bertz CT molecular complexity index is 8.75. The molecule has 0 bridgehead atoms. The molecule has 0 radical (unpaired) electrons. The molecule has 0 spiro atoms. The molecule has 24 valence electrons. The first-order valence-electron chi connectivity index (χ1n) is 0. The van der Waals surface area contributed by atoms with Crippen LogP contribution in [0.2, 0.25) is 0 Å². The van der Waals surface area contributed by atoms with E-state index in [1.54, 1.807) is 0 Å². The average molecular weight is 265 g/mol. The van der Waals surface area contributed by atoms with E-state index in [2.05, 4.69) is 0 Å². The standard InChI is InChI=1S/Ba.2Ca.3O/q3*+2;3*-2. The summed E-state index contributed by atoms with van der Waals surface area (Å²) in [6.07, 6.45) is 0. The minimum absolute atomic E-state index is 0. The molecule has 0 fully saturated rings. The van der Waals surface area contributed by atoms with Crippen molar-refractivity contribution in [2.75, 3.05) is 0 Å². The summed E-state index contributed by atoms with van der Waals surface area (Å²) < 4.78 is 0. The molecule has 0 heterocycles. The number of hydrogen-bond donors (Lipinski definition) is 0. The smallest absolute Gasteiger partial charge is 2.00 e. The van der Waals surface area contributed by atoms with Gasteiger partial charge in [-0.25, -0.2) is 0 Å². The van der Waals surface area contributed by atoms with E-state index in [1.807, 2.05) is 0 Å². The maximum atomic E-state index is 0. The molecule has 0 rings (SSSR count). The van der Waals surface area contributed by atoms with Gasteiger partial charge in [0.25, 0.3) is 0 Å². The maximum absolute atomic E-state index is 0. The van der Waals surface area contributed by atoms with Crippen LogP contribution in [0.25, 0.3) is 0 Å². The van der Waals surface area contributed by atoms with E-state index < -0.39 is 0 Å². The van der Waals surface area contributed by atoms with E-state index in [-0.39, 0.29) is 141 Å². The molecule has 0 aliphatic heterocycles. The number of hydrogen-bond acceptors (Lipinski definition) is 0. The monoisotopic (exact) mass is 266 g/mol. The van der Waals surface area contributed by atoms with Gasteiger partial charge in [-0.3, -0.25) is 0 Å². The minimum atomic E-state index is 0. The molecule has 0 atom stereocenters. The van der Waals surface area contributed by atoms with Crippen molar-refractivity contribution in [3.05, 3.63) is 0 Å². The molecule has 0 aromatic rings. The van der Waals surface area contributed by atoms with Crippen molar-refractivity contribution in [3.63, 3.8) is 0 Å². The van der Waals surface area contributed by atoms with Gasteiger partial charge in [0.15, 0.2) is 0 Å². The van der Waals surface area contributed by atoms with E-state index in [1.165, 1.54) is 0 Å². The van der Waals surface area contributed by atoms with Gasteiger partial charge in [-0.2, -0.15) is 0 Å². The van der Waals surface area contributed by atoms with Gasteiger partial charge in [0.2, 0.25) is 0 Å². The topological polar surface area (TPSA) is 85.5 Å². The fraction of sp³-hybridized carbons (Fsp3) is 0. The van der Waals surface area contributed by atoms with Crippen molar-refractivity contribution < 1.29 is 16.4 Å². The van der Waals surface area contributed by atoms with Crippen LogP contribution in [0.5, 0.6) is 0 Å². The van der Waals surface area contributed by atoms with Crippen molar-refractivity contribution in [2.24, 2.45) is 0 Å². The van der Waals surface area contributed by atoms with Crippen molar-refractivity contribution >= 4 is 124 Å². The van der Waals surface area contributed by atoms with Crippen LogP contribution < -0.4 is 0 Å². The Balaban J connectivity index is 0. The molecular formula is BaCa2O3. The molecule has 3 nitrogen and oxygen atoms in total. The third-order valence-corrected chi connectivity index (χ3v) is 0. The van der Waals surface area contributed by atoms with E-state index in [9.17, 15) is 0 Å². The van der Waals surface area contributed by atoms with E-state index in [0.717, 1.165) is 0 Å². The Morgan fingerprint density at radius 3 is 0.500 bits per heavy atom. The van der Waals surface area contributed by atoms with Gasteiger partial charge < -0.3 is 16.4 Å². The second-order valence-electron chi connectivity index (χ2n) is 0. The second-order valence-corrected chi connectivity index (χ2v) is 0. The zero-order chi connectivity index (χ0) is 0. The first-order chi connectivity index (χ1) is 0. The Morgan fingerprint density at radius 1 is 0.500 bits per heavy atom. The summed E-state index contributed by atoms with van der Waals surface area (Å²) in [4.78, 5) is 0. The van der Waals surface area contributed by atoms with Gasteiger partial charge in [0.05, 0.1) is 0 Å². The van der Waals surface area contributed by atoms with E-state index in [4.69, 9.17) is 0 Å². The van der Waals surface area contributed by atoms with Crippen molar-refractivity contribution in [1.82, 2.24) is 0 Å². The third-order valence-electron chi connectivity index (χ3n) is 0. The van der Waals surface area contributed by atoms with E-state index >= 15 is 0 Å². The van der Waals surface area contributed by atoms with Gasteiger partial charge in [0.1, 0.15) is 0 Å². The predicted molar refractivity (Wildman–Crippen MR) is 19.3 cm³/mol. The zero-order valence-electron chi connectivity index (χ0n) is 3.35. The van der Waals surface area contributed by atoms with E-state index in [0.29, 0.717) is 0 Å². The summed E-state index contributed by atoms with van der Waals surface area (Å²) in [6, 6.07) is 0. The Hall–Kier alpha value is 3.97. The molecule has 0 aliphatic rings. The van der Waals surface area contributed by atoms with Crippen LogP contribution in [0.4, 0.5) is 0 Å². The SMILES string of the molecule is [Ba+2].[Ca+2].[Ca+2].[O-2].[O-2].[O-2]. The summed E-state index contributed by atoms with van der Waals surface area (Å²) in [7, 11) is 0. The molecule has 0 saturated carbocycles. The number of rotatable bonds is 0.